The van der Waals surface area contributed by atoms with Crippen LogP contribution in [0.1, 0.15) is 38.9 Å². The Balaban J connectivity index is 3.05. The maximum absolute atomic E-state index is 10.3. The van der Waals surface area contributed by atoms with Crippen molar-refractivity contribution in [1.29, 1.82) is 0 Å². The highest BCUT2D eigenvalue weighted by molar-refractivity contribution is 9.10. The number of methoxy groups -OCH3 is 1. The van der Waals surface area contributed by atoms with Gasteiger partial charge in [-0.15, -0.1) is 0 Å². The van der Waals surface area contributed by atoms with Crippen LogP contribution < -0.4 is 4.74 Å². The molecule has 1 atom stereocenters. The molecular weight excluding hydrogens is 268 g/mol. The molecule has 0 radical (unpaired) electrons. The minimum absolute atomic E-state index is 0.128. The Morgan fingerprint density at radius 1 is 1.44 bits per heavy atom. The van der Waals surface area contributed by atoms with E-state index in [2.05, 4.69) is 36.7 Å². The number of ether oxygens (including phenoxy) is 1. The fraction of sp³-hybridized carbons (Fsp3) is 0.538. The Morgan fingerprint density at radius 2 is 2.06 bits per heavy atom. The van der Waals surface area contributed by atoms with Gasteiger partial charge < -0.3 is 9.84 Å². The molecule has 90 valence electrons. The summed E-state index contributed by atoms with van der Waals surface area (Å²) in [6, 6.07) is 5.66. The first-order chi connectivity index (χ1) is 7.42. The maximum Gasteiger partial charge on any atom is 0.120 e. The molecule has 0 aliphatic rings. The Bertz CT molecular complexity index is 361. The molecule has 1 unspecified atom stereocenters. The lowest BCUT2D eigenvalue weighted by Gasteiger charge is -2.30. The highest BCUT2D eigenvalue weighted by Gasteiger charge is 2.28. The number of benzene rings is 1. The van der Waals surface area contributed by atoms with Crippen LogP contribution in [0.25, 0.3) is 0 Å². The Morgan fingerprint density at radius 3 is 2.50 bits per heavy atom. The van der Waals surface area contributed by atoms with Crippen LogP contribution in [-0.2, 0) is 0 Å². The van der Waals surface area contributed by atoms with Crippen molar-refractivity contribution in [1.82, 2.24) is 0 Å². The molecule has 0 aromatic heterocycles. The summed E-state index contributed by atoms with van der Waals surface area (Å²) >= 11 is 3.47. The molecule has 0 spiro atoms. The van der Waals surface area contributed by atoms with Gasteiger partial charge in [-0.2, -0.15) is 0 Å². The van der Waals surface area contributed by atoms with Gasteiger partial charge in [0.2, 0.25) is 0 Å². The van der Waals surface area contributed by atoms with Gasteiger partial charge in [-0.05, 0) is 29.5 Å². The molecule has 0 aliphatic heterocycles. The molecule has 1 rings (SSSR count). The molecule has 0 heterocycles. The van der Waals surface area contributed by atoms with Crippen molar-refractivity contribution in [3.63, 3.8) is 0 Å². The molecule has 0 saturated carbocycles. The number of hydrogen-bond donors (Lipinski definition) is 1. The normalized spacial score (nSPS) is 13.6. The zero-order chi connectivity index (χ0) is 12.3. The van der Waals surface area contributed by atoms with E-state index in [9.17, 15) is 5.11 Å². The van der Waals surface area contributed by atoms with E-state index >= 15 is 0 Å². The number of halogens is 1. The van der Waals surface area contributed by atoms with Gasteiger partial charge in [0, 0.05) is 4.47 Å². The lowest BCUT2D eigenvalue weighted by Crippen LogP contribution is -2.21. The van der Waals surface area contributed by atoms with Crippen LogP contribution in [0.3, 0.4) is 0 Å². The van der Waals surface area contributed by atoms with Gasteiger partial charge in [-0.25, -0.2) is 0 Å². The van der Waals surface area contributed by atoms with E-state index in [1.54, 1.807) is 7.11 Å². The SMILES string of the molecule is CCC(C)(C)C(O)c1ccc(OC)cc1Br. The van der Waals surface area contributed by atoms with Crippen LogP contribution in [0.15, 0.2) is 22.7 Å². The molecule has 2 nitrogen and oxygen atoms in total. The minimum Gasteiger partial charge on any atom is -0.497 e. The summed E-state index contributed by atoms with van der Waals surface area (Å²) < 4.78 is 6.02. The summed E-state index contributed by atoms with van der Waals surface area (Å²) in [6.07, 6.45) is 0.449. The summed E-state index contributed by atoms with van der Waals surface area (Å²) in [4.78, 5) is 0. The van der Waals surface area contributed by atoms with E-state index in [0.717, 1.165) is 22.2 Å². The van der Waals surface area contributed by atoms with Crippen molar-refractivity contribution >= 4 is 15.9 Å². The van der Waals surface area contributed by atoms with Gasteiger partial charge in [-0.3, -0.25) is 0 Å². The largest absolute Gasteiger partial charge is 0.497 e. The molecule has 1 aromatic rings. The maximum atomic E-state index is 10.3. The van der Waals surface area contributed by atoms with Crippen molar-refractivity contribution in [2.45, 2.75) is 33.3 Å². The minimum atomic E-state index is -0.474. The van der Waals surface area contributed by atoms with Crippen LogP contribution in [0, 0.1) is 5.41 Å². The van der Waals surface area contributed by atoms with Crippen LogP contribution in [-0.4, -0.2) is 12.2 Å². The fourth-order valence-electron chi connectivity index (χ4n) is 1.47. The molecule has 1 N–H and O–H groups in total. The average Bonchev–Trinajstić information content (AvgIpc) is 2.28. The lowest BCUT2D eigenvalue weighted by atomic mass is 9.80. The predicted octanol–water partition coefficient (Wildman–Crippen LogP) is 3.93. The van der Waals surface area contributed by atoms with E-state index < -0.39 is 6.10 Å². The van der Waals surface area contributed by atoms with Gasteiger partial charge in [0.15, 0.2) is 0 Å². The van der Waals surface area contributed by atoms with Crippen molar-refractivity contribution in [2.24, 2.45) is 5.41 Å². The molecule has 0 amide bonds. The predicted molar refractivity (Wildman–Crippen MR) is 69.7 cm³/mol. The average molecular weight is 287 g/mol. The van der Waals surface area contributed by atoms with Crippen molar-refractivity contribution in [3.05, 3.63) is 28.2 Å². The fourth-order valence-corrected chi connectivity index (χ4v) is 2.05. The molecule has 0 fully saturated rings. The Kier molecular flexibility index (Phi) is 4.39. The third-order valence-corrected chi connectivity index (χ3v) is 3.84. The first-order valence-corrected chi connectivity index (χ1v) is 6.23. The third-order valence-electron chi connectivity index (χ3n) is 3.15. The van der Waals surface area contributed by atoms with Crippen LogP contribution in [0.5, 0.6) is 5.75 Å². The van der Waals surface area contributed by atoms with Gasteiger partial charge in [0.05, 0.1) is 13.2 Å². The summed E-state index contributed by atoms with van der Waals surface area (Å²) in [5.74, 6) is 0.789. The van der Waals surface area contributed by atoms with E-state index in [-0.39, 0.29) is 5.41 Å². The molecule has 1 aromatic carbocycles. The van der Waals surface area contributed by atoms with Crippen LogP contribution in [0.4, 0.5) is 0 Å². The smallest absolute Gasteiger partial charge is 0.120 e. The van der Waals surface area contributed by atoms with Crippen molar-refractivity contribution < 1.29 is 9.84 Å². The molecule has 0 saturated heterocycles. The highest BCUT2D eigenvalue weighted by atomic mass is 79.9. The van der Waals surface area contributed by atoms with Crippen molar-refractivity contribution in [3.8, 4) is 5.75 Å². The zero-order valence-electron chi connectivity index (χ0n) is 10.2. The number of aliphatic hydroxyl groups excluding tert-OH is 1. The summed E-state index contributed by atoms with van der Waals surface area (Å²) in [5.41, 5.74) is 0.782. The Labute approximate surface area is 106 Å². The van der Waals surface area contributed by atoms with E-state index in [0.29, 0.717) is 0 Å². The van der Waals surface area contributed by atoms with Gasteiger partial charge in [-0.1, -0.05) is 42.8 Å². The summed E-state index contributed by atoms with van der Waals surface area (Å²) in [5, 5.41) is 10.3. The number of rotatable bonds is 4. The van der Waals surface area contributed by atoms with Crippen LogP contribution in [0.2, 0.25) is 0 Å². The summed E-state index contributed by atoms with van der Waals surface area (Å²) in [7, 11) is 1.63. The second kappa shape index (κ2) is 5.19. The van der Waals surface area contributed by atoms with Gasteiger partial charge in [0.1, 0.15) is 5.75 Å². The van der Waals surface area contributed by atoms with Crippen molar-refractivity contribution in [2.75, 3.05) is 7.11 Å². The molecule has 16 heavy (non-hydrogen) atoms. The van der Waals surface area contributed by atoms with Gasteiger partial charge >= 0.3 is 0 Å². The number of aliphatic hydroxyl groups is 1. The highest BCUT2D eigenvalue weighted by Crippen LogP contribution is 2.39. The van der Waals surface area contributed by atoms with E-state index in [1.165, 1.54) is 0 Å². The lowest BCUT2D eigenvalue weighted by molar-refractivity contribution is 0.0459. The molecule has 0 bridgehead atoms. The molecular formula is C13H19BrO2. The summed E-state index contributed by atoms with van der Waals surface area (Å²) in [6.45, 7) is 6.21. The standard InChI is InChI=1S/C13H19BrO2/c1-5-13(2,3)12(15)10-7-6-9(16-4)8-11(10)14/h6-8,12,15H,5H2,1-4H3. The molecule has 3 heteroatoms. The zero-order valence-corrected chi connectivity index (χ0v) is 11.8. The quantitative estimate of drug-likeness (QED) is 0.909. The third kappa shape index (κ3) is 2.77. The second-order valence-corrected chi connectivity index (χ2v) is 5.49. The second-order valence-electron chi connectivity index (χ2n) is 4.63. The first kappa shape index (κ1) is 13.5. The number of hydrogen-bond acceptors (Lipinski definition) is 2. The monoisotopic (exact) mass is 286 g/mol. The van der Waals surface area contributed by atoms with Crippen LogP contribution >= 0.6 is 15.9 Å². The first-order valence-electron chi connectivity index (χ1n) is 5.44. The van der Waals surface area contributed by atoms with E-state index in [4.69, 9.17) is 4.74 Å². The Hall–Kier alpha value is -0.540. The van der Waals surface area contributed by atoms with Gasteiger partial charge in [0.25, 0.3) is 0 Å². The topological polar surface area (TPSA) is 29.5 Å². The van der Waals surface area contributed by atoms with E-state index in [1.807, 2.05) is 18.2 Å². The molecule has 0 aliphatic carbocycles.